The van der Waals surface area contributed by atoms with Crippen LogP contribution in [-0.4, -0.2) is 19.2 Å². The average molecular weight is 543 g/mol. The summed E-state index contributed by atoms with van der Waals surface area (Å²) >= 11 is 0. The van der Waals surface area contributed by atoms with E-state index in [9.17, 15) is 4.79 Å². The third kappa shape index (κ3) is 11.3. The monoisotopic (exact) mass is 542 g/mol. The molecule has 1 atom stereocenters. The van der Waals surface area contributed by atoms with Crippen molar-refractivity contribution in [3.63, 3.8) is 0 Å². The number of carbonyl (C=O) groups excluding carboxylic acids is 1. The number of esters is 1. The predicted molar refractivity (Wildman–Crippen MR) is 165 cm³/mol. The second-order valence-corrected chi connectivity index (χ2v) is 10.5. The minimum Gasteiger partial charge on any atom is -0.494 e. The van der Waals surface area contributed by atoms with Crippen LogP contribution in [0.4, 0.5) is 0 Å². The molecule has 0 aliphatic rings. The van der Waals surface area contributed by atoms with Gasteiger partial charge in [-0.05, 0) is 91.3 Å². The summed E-state index contributed by atoms with van der Waals surface area (Å²) < 4.78 is 17.3. The SMILES string of the molecule is C=CCCCCCCOc1ccc(-c2ccc(C(=O)Oc3ccc(OCCCCC[C@@H](C)CC)cc3)cc2)cc1. The van der Waals surface area contributed by atoms with Crippen molar-refractivity contribution >= 4 is 5.97 Å². The molecule has 0 aliphatic carbocycles. The molecule has 0 aromatic heterocycles. The summed E-state index contributed by atoms with van der Waals surface area (Å²) in [6, 6.07) is 22.8. The summed E-state index contributed by atoms with van der Waals surface area (Å²) in [4.78, 5) is 12.7. The molecule has 4 nitrogen and oxygen atoms in total. The molecule has 0 unspecified atom stereocenters. The number of hydrogen-bond donors (Lipinski definition) is 0. The Morgan fingerprint density at radius 2 is 1.20 bits per heavy atom. The lowest BCUT2D eigenvalue weighted by molar-refractivity contribution is 0.0734. The third-order valence-corrected chi connectivity index (χ3v) is 7.22. The number of rotatable bonds is 19. The Balaban J connectivity index is 1.39. The molecule has 0 N–H and O–H groups in total. The Hall–Kier alpha value is -3.53. The van der Waals surface area contributed by atoms with Crippen molar-refractivity contribution in [2.24, 2.45) is 5.92 Å². The zero-order valence-electron chi connectivity index (χ0n) is 24.4. The van der Waals surface area contributed by atoms with Gasteiger partial charge in [0.15, 0.2) is 0 Å². The molecule has 0 saturated heterocycles. The summed E-state index contributed by atoms with van der Waals surface area (Å²) in [5.74, 6) is 2.60. The van der Waals surface area contributed by atoms with Gasteiger partial charge in [0.1, 0.15) is 17.2 Å². The Morgan fingerprint density at radius 3 is 1.77 bits per heavy atom. The Morgan fingerprint density at radius 1 is 0.700 bits per heavy atom. The largest absolute Gasteiger partial charge is 0.494 e. The van der Waals surface area contributed by atoms with Crippen LogP contribution in [0, 0.1) is 5.92 Å². The van der Waals surface area contributed by atoms with E-state index in [1.165, 1.54) is 44.9 Å². The lowest BCUT2D eigenvalue weighted by atomic mass is 10.0. The van der Waals surface area contributed by atoms with Gasteiger partial charge in [0.05, 0.1) is 18.8 Å². The quantitative estimate of drug-likeness (QED) is 0.0654. The number of unbranched alkanes of at least 4 members (excludes halogenated alkanes) is 6. The fourth-order valence-electron chi connectivity index (χ4n) is 4.41. The molecule has 0 aliphatic heterocycles. The first-order valence-corrected chi connectivity index (χ1v) is 15.0. The Labute approximate surface area is 241 Å². The summed E-state index contributed by atoms with van der Waals surface area (Å²) in [7, 11) is 0. The normalized spacial score (nSPS) is 11.6. The highest BCUT2D eigenvalue weighted by Gasteiger charge is 2.10. The van der Waals surface area contributed by atoms with Gasteiger partial charge in [-0.15, -0.1) is 6.58 Å². The zero-order chi connectivity index (χ0) is 28.4. The summed E-state index contributed by atoms with van der Waals surface area (Å²) in [6.07, 6.45) is 13.8. The van der Waals surface area contributed by atoms with Gasteiger partial charge in [0.2, 0.25) is 0 Å². The molecule has 4 heteroatoms. The predicted octanol–water partition coefficient (Wildman–Crippen LogP) is 10.1. The maximum Gasteiger partial charge on any atom is 0.343 e. The van der Waals surface area contributed by atoms with Crippen molar-refractivity contribution in [3.8, 4) is 28.4 Å². The van der Waals surface area contributed by atoms with E-state index in [1.807, 2.05) is 54.6 Å². The molecule has 0 bridgehead atoms. The first-order valence-electron chi connectivity index (χ1n) is 15.0. The maximum atomic E-state index is 12.7. The summed E-state index contributed by atoms with van der Waals surface area (Å²) in [5, 5.41) is 0. The van der Waals surface area contributed by atoms with E-state index < -0.39 is 0 Å². The van der Waals surface area contributed by atoms with Crippen LogP contribution in [0.25, 0.3) is 11.1 Å². The van der Waals surface area contributed by atoms with Crippen LogP contribution >= 0.6 is 0 Å². The van der Waals surface area contributed by atoms with Crippen LogP contribution in [0.1, 0.15) is 88.4 Å². The number of benzene rings is 3. The topological polar surface area (TPSA) is 44.8 Å². The van der Waals surface area contributed by atoms with Gasteiger partial charge in [-0.1, -0.05) is 82.7 Å². The van der Waals surface area contributed by atoms with Gasteiger partial charge in [0.25, 0.3) is 0 Å². The molecular formula is C36H46O4. The van der Waals surface area contributed by atoms with Crippen molar-refractivity contribution in [1.29, 1.82) is 0 Å². The van der Waals surface area contributed by atoms with Crippen LogP contribution in [0.15, 0.2) is 85.5 Å². The molecule has 0 amide bonds. The Bertz CT molecular complexity index is 1120. The number of carbonyl (C=O) groups is 1. The molecular weight excluding hydrogens is 496 g/mol. The van der Waals surface area contributed by atoms with Crippen molar-refractivity contribution in [1.82, 2.24) is 0 Å². The van der Waals surface area contributed by atoms with E-state index >= 15 is 0 Å². The molecule has 0 saturated carbocycles. The fraction of sp³-hybridized carbons (Fsp3) is 0.417. The number of hydrogen-bond acceptors (Lipinski definition) is 4. The van der Waals surface area contributed by atoms with Gasteiger partial charge in [0, 0.05) is 0 Å². The van der Waals surface area contributed by atoms with Crippen LogP contribution in [0.3, 0.4) is 0 Å². The minimum absolute atomic E-state index is 0.380. The lowest BCUT2D eigenvalue weighted by Gasteiger charge is -2.10. The van der Waals surface area contributed by atoms with Gasteiger partial charge < -0.3 is 14.2 Å². The summed E-state index contributed by atoms with van der Waals surface area (Å²) in [6.45, 7) is 9.76. The second kappa shape index (κ2) is 17.9. The molecule has 40 heavy (non-hydrogen) atoms. The number of allylic oxidation sites excluding steroid dienone is 1. The van der Waals surface area contributed by atoms with Gasteiger partial charge in [-0.3, -0.25) is 0 Å². The highest BCUT2D eigenvalue weighted by Crippen LogP contribution is 2.24. The first kappa shape index (κ1) is 31.0. The first-order chi connectivity index (χ1) is 19.6. The molecule has 0 spiro atoms. The van der Waals surface area contributed by atoms with Crippen LogP contribution in [0.5, 0.6) is 17.2 Å². The smallest absolute Gasteiger partial charge is 0.343 e. The van der Waals surface area contributed by atoms with E-state index in [-0.39, 0.29) is 5.97 Å². The van der Waals surface area contributed by atoms with Crippen molar-refractivity contribution in [2.75, 3.05) is 13.2 Å². The van der Waals surface area contributed by atoms with E-state index in [2.05, 4.69) is 20.4 Å². The van der Waals surface area contributed by atoms with Crippen LogP contribution < -0.4 is 14.2 Å². The van der Waals surface area contributed by atoms with Crippen LogP contribution in [-0.2, 0) is 0 Å². The second-order valence-electron chi connectivity index (χ2n) is 10.5. The Kier molecular flexibility index (Phi) is 13.9. The maximum absolute atomic E-state index is 12.7. The van der Waals surface area contributed by atoms with E-state index in [0.717, 1.165) is 54.4 Å². The zero-order valence-corrected chi connectivity index (χ0v) is 24.4. The highest BCUT2D eigenvalue weighted by atomic mass is 16.5. The number of ether oxygens (including phenoxy) is 3. The minimum atomic E-state index is -0.380. The van der Waals surface area contributed by atoms with Crippen molar-refractivity contribution in [2.45, 2.75) is 78.1 Å². The van der Waals surface area contributed by atoms with E-state index in [1.54, 1.807) is 24.3 Å². The van der Waals surface area contributed by atoms with Gasteiger partial charge >= 0.3 is 5.97 Å². The standard InChI is InChI=1S/C36H46O4/c1-4-6-7-8-9-12-27-38-33-21-19-31(20-22-33)30-15-17-32(18-16-30)36(37)40-35-25-23-34(24-26-35)39-28-13-10-11-14-29(3)5-2/h4,15-26,29H,1,5-14,27-28H2,2-3H3/t29-/m0/s1. The van der Waals surface area contributed by atoms with Gasteiger partial charge in [-0.2, -0.15) is 0 Å². The molecule has 3 aromatic carbocycles. The molecule has 214 valence electrons. The third-order valence-electron chi connectivity index (χ3n) is 7.22. The van der Waals surface area contributed by atoms with Crippen molar-refractivity contribution in [3.05, 3.63) is 91.0 Å². The molecule has 3 aromatic rings. The van der Waals surface area contributed by atoms with Gasteiger partial charge in [-0.25, -0.2) is 4.79 Å². The summed E-state index contributed by atoms with van der Waals surface area (Å²) in [5.41, 5.74) is 2.61. The molecule has 0 heterocycles. The average Bonchev–Trinajstić information content (AvgIpc) is 2.99. The van der Waals surface area contributed by atoms with Crippen LogP contribution in [0.2, 0.25) is 0 Å². The molecule has 0 fully saturated rings. The lowest BCUT2D eigenvalue weighted by Crippen LogP contribution is -2.08. The molecule has 0 radical (unpaired) electrons. The highest BCUT2D eigenvalue weighted by molar-refractivity contribution is 5.91. The van der Waals surface area contributed by atoms with E-state index in [4.69, 9.17) is 14.2 Å². The fourth-order valence-corrected chi connectivity index (χ4v) is 4.41. The molecule has 3 rings (SSSR count). The van der Waals surface area contributed by atoms with Crippen molar-refractivity contribution < 1.29 is 19.0 Å². The van der Waals surface area contributed by atoms with E-state index in [0.29, 0.717) is 17.9 Å².